The lowest BCUT2D eigenvalue weighted by atomic mass is 10.0. The third kappa shape index (κ3) is 3.24. The summed E-state index contributed by atoms with van der Waals surface area (Å²) in [5.74, 6) is 0.923. The molecule has 0 bridgehead atoms. The number of carbonyl (C=O) groups excluding carboxylic acids is 1. The molecule has 3 heterocycles. The van der Waals surface area contributed by atoms with Gasteiger partial charge in [-0.25, -0.2) is 4.98 Å². The third-order valence-electron chi connectivity index (χ3n) is 4.67. The number of likely N-dealkylation sites (tertiary alicyclic amines) is 1. The van der Waals surface area contributed by atoms with Gasteiger partial charge in [-0.05, 0) is 30.0 Å². The van der Waals surface area contributed by atoms with Gasteiger partial charge in [0.2, 0.25) is 6.29 Å². The number of aromatic nitrogens is 1. The molecular weight excluding hydrogens is 310 g/mol. The number of amides is 1. The number of nitrogens with one attached hydrogen (secondary N) is 1. The Kier molecular flexibility index (Phi) is 5.33. The fourth-order valence-electron chi connectivity index (χ4n) is 3.39. The summed E-state index contributed by atoms with van der Waals surface area (Å²) in [4.78, 5) is 18.9. The van der Waals surface area contributed by atoms with Crippen molar-refractivity contribution in [1.29, 1.82) is 0 Å². The second-order valence-corrected chi connectivity index (χ2v) is 6.15. The van der Waals surface area contributed by atoms with Gasteiger partial charge in [-0.15, -0.1) is 0 Å². The summed E-state index contributed by atoms with van der Waals surface area (Å²) in [6, 6.07) is 2.13. The van der Waals surface area contributed by atoms with Crippen molar-refractivity contribution in [2.45, 2.75) is 38.2 Å². The highest BCUT2D eigenvalue weighted by atomic mass is 16.7. The molecule has 0 saturated carbocycles. The van der Waals surface area contributed by atoms with E-state index in [9.17, 15) is 4.79 Å². The van der Waals surface area contributed by atoms with E-state index in [0.29, 0.717) is 13.1 Å². The molecule has 1 saturated heterocycles. The number of aryl methyl sites for hydroxylation is 1. The summed E-state index contributed by atoms with van der Waals surface area (Å²) >= 11 is 0. The molecule has 3 rings (SSSR count). The molecule has 132 valence electrons. The van der Waals surface area contributed by atoms with Crippen LogP contribution in [-0.4, -0.2) is 56.3 Å². The number of anilines is 1. The Morgan fingerprint density at radius 3 is 2.83 bits per heavy atom. The second kappa shape index (κ2) is 7.46. The number of fused-ring (bicyclic) bond motifs is 1. The maximum atomic E-state index is 12.4. The molecule has 1 N–H and O–H groups in total. The Hall–Kier alpha value is -1.70. The lowest BCUT2D eigenvalue weighted by molar-refractivity contribution is -0.136. The maximum absolute atomic E-state index is 12.4. The summed E-state index contributed by atoms with van der Waals surface area (Å²) in [5.41, 5.74) is 2.87. The number of rotatable bonds is 6. The molecule has 0 spiro atoms. The van der Waals surface area contributed by atoms with Crippen molar-refractivity contribution < 1.29 is 19.0 Å². The highest BCUT2D eigenvalue weighted by Gasteiger charge is 2.33. The van der Waals surface area contributed by atoms with Crippen LogP contribution in [0.5, 0.6) is 0 Å². The Morgan fingerprint density at radius 2 is 2.17 bits per heavy atom. The van der Waals surface area contributed by atoms with E-state index in [1.807, 2.05) is 4.90 Å². The highest BCUT2D eigenvalue weighted by Crippen LogP contribution is 2.29. The monoisotopic (exact) mass is 335 g/mol. The van der Waals surface area contributed by atoms with Crippen LogP contribution in [0.4, 0.5) is 5.82 Å². The molecule has 7 heteroatoms. The molecule has 0 aromatic carbocycles. The van der Waals surface area contributed by atoms with Crippen LogP contribution in [0, 0.1) is 0 Å². The van der Waals surface area contributed by atoms with Gasteiger partial charge < -0.3 is 24.4 Å². The van der Waals surface area contributed by atoms with Crippen molar-refractivity contribution in [2.24, 2.45) is 0 Å². The van der Waals surface area contributed by atoms with E-state index in [-0.39, 0.29) is 12.0 Å². The molecule has 7 nitrogen and oxygen atoms in total. The first-order valence-electron chi connectivity index (χ1n) is 8.31. The first-order chi connectivity index (χ1) is 11.7. The minimum atomic E-state index is -0.551. The predicted molar refractivity (Wildman–Crippen MR) is 88.6 cm³/mol. The van der Waals surface area contributed by atoms with Gasteiger partial charge in [-0.2, -0.15) is 0 Å². The van der Waals surface area contributed by atoms with E-state index in [4.69, 9.17) is 19.2 Å². The van der Waals surface area contributed by atoms with Crippen LogP contribution in [0.3, 0.4) is 0 Å². The minimum absolute atomic E-state index is 0.0330. The molecule has 24 heavy (non-hydrogen) atoms. The molecule has 1 aromatic heterocycles. The number of ether oxygens (including phenoxy) is 3. The molecule has 1 atom stereocenters. The molecule has 1 amide bonds. The van der Waals surface area contributed by atoms with Gasteiger partial charge in [-0.1, -0.05) is 0 Å². The van der Waals surface area contributed by atoms with Crippen molar-refractivity contribution in [1.82, 2.24) is 9.88 Å². The van der Waals surface area contributed by atoms with Crippen LogP contribution in [-0.2, 0) is 32.0 Å². The van der Waals surface area contributed by atoms with Gasteiger partial charge in [0.05, 0.1) is 0 Å². The molecule has 1 aromatic rings. The van der Waals surface area contributed by atoms with Crippen molar-refractivity contribution in [2.75, 3.05) is 39.7 Å². The van der Waals surface area contributed by atoms with Crippen LogP contribution in [0.25, 0.3) is 0 Å². The summed E-state index contributed by atoms with van der Waals surface area (Å²) < 4.78 is 16.1. The first kappa shape index (κ1) is 17.1. The number of carbonyl (C=O) groups is 1. The minimum Gasteiger partial charge on any atom is -0.372 e. The maximum Gasteiger partial charge on any atom is 0.252 e. The highest BCUT2D eigenvalue weighted by molar-refractivity contribution is 5.83. The van der Waals surface area contributed by atoms with Crippen molar-refractivity contribution in [3.05, 3.63) is 22.9 Å². The zero-order valence-corrected chi connectivity index (χ0v) is 14.5. The first-order valence-corrected chi connectivity index (χ1v) is 8.31. The normalized spacial score (nSPS) is 20.4. The molecule has 1 fully saturated rings. The Morgan fingerprint density at radius 1 is 1.38 bits per heavy atom. The Bertz CT molecular complexity index is 604. The second-order valence-electron chi connectivity index (χ2n) is 6.15. The SMILES string of the molecule is COC(OC)c1nc2c(cc1CN1CC[C@@H](OC)C1=O)CCCN2. The summed E-state index contributed by atoms with van der Waals surface area (Å²) in [6.45, 7) is 2.11. The van der Waals surface area contributed by atoms with Crippen LogP contribution < -0.4 is 5.32 Å². The standard InChI is InChI=1S/C17H25N3O4/c1-22-13-6-8-20(16(13)21)10-12-9-11-5-4-7-18-15(11)19-14(12)17(23-2)24-3/h9,13,17H,4-8,10H2,1-3H3,(H,18,19)/t13-/m1/s1. The van der Waals surface area contributed by atoms with E-state index >= 15 is 0 Å². The zero-order valence-electron chi connectivity index (χ0n) is 14.5. The van der Waals surface area contributed by atoms with Gasteiger partial charge in [0.1, 0.15) is 17.6 Å². The smallest absolute Gasteiger partial charge is 0.252 e. The lowest BCUT2D eigenvalue weighted by Crippen LogP contribution is -2.31. The van der Waals surface area contributed by atoms with Crippen LogP contribution in [0.2, 0.25) is 0 Å². The van der Waals surface area contributed by atoms with Crippen molar-refractivity contribution in [3.63, 3.8) is 0 Å². The molecule has 2 aliphatic rings. The van der Waals surface area contributed by atoms with Crippen LogP contribution >= 0.6 is 0 Å². The predicted octanol–water partition coefficient (Wildman–Crippen LogP) is 1.48. The number of methoxy groups -OCH3 is 3. The Balaban J connectivity index is 1.91. The molecular formula is C17H25N3O4. The van der Waals surface area contributed by atoms with E-state index in [1.54, 1.807) is 21.3 Å². The molecule has 0 unspecified atom stereocenters. The topological polar surface area (TPSA) is 72.9 Å². The van der Waals surface area contributed by atoms with Crippen molar-refractivity contribution >= 4 is 11.7 Å². The van der Waals surface area contributed by atoms with Gasteiger partial charge in [0.15, 0.2) is 0 Å². The van der Waals surface area contributed by atoms with Gasteiger partial charge >= 0.3 is 0 Å². The van der Waals surface area contributed by atoms with Gasteiger partial charge in [0.25, 0.3) is 5.91 Å². The zero-order chi connectivity index (χ0) is 17.1. The fourth-order valence-corrected chi connectivity index (χ4v) is 3.39. The third-order valence-corrected chi connectivity index (χ3v) is 4.67. The average molecular weight is 335 g/mol. The summed E-state index contributed by atoms with van der Waals surface area (Å²) in [6.07, 6.45) is 1.91. The number of hydrogen-bond acceptors (Lipinski definition) is 6. The molecule has 2 aliphatic heterocycles. The largest absolute Gasteiger partial charge is 0.372 e. The Labute approximate surface area is 142 Å². The molecule has 0 aliphatic carbocycles. The summed E-state index contributed by atoms with van der Waals surface area (Å²) in [7, 11) is 4.76. The van der Waals surface area contributed by atoms with Gasteiger partial charge in [0, 0.05) is 47.4 Å². The van der Waals surface area contributed by atoms with E-state index in [0.717, 1.165) is 42.9 Å². The van der Waals surface area contributed by atoms with E-state index in [2.05, 4.69) is 11.4 Å². The lowest BCUT2D eigenvalue weighted by Gasteiger charge is -2.25. The van der Waals surface area contributed by atoms with Crippen LogP contribution in [0.1, 0.15) is 36.0 Å². The van der Waals surface area contributed by atoms with Crippen molar-refractivity contribution in [3.8, 4) is 0 Å². The fraction of sp³-hybridized carbons (Fsp3) is 0.647. The van der Waals surface area contributed by atoms with E-state index in [1.165, 1.54) is 5.56 Å². The quantitative estimate of drug-likeness (QED) is 0.794. The number of pyridine rings is 1. The molecule has 0 radical (unpaired) electrons. The number of nitrogens with zero attached hydrogens (tertiary/aromatic N) is 2. The van der Waals surface area contributed by atoms with E-state index < -0.39 is 6.29 Å². The average Bonchev–Trinajstić information content (AvgIpc) is 2.96. The van der Waals surface area contributed by atoms with Crippen LogP contribution in [0.15, 0.2) is 6.07 Å². The van der Waals surface area contributed by atoms with Gasteiger partial charge in [-0.3, -0.25) is 4.79 Å². The summed E-state index contributed by atoms with van der Waals surface area (Å²) in [5, 5.41) is 3.33. The number of hydrogen-bond donors (Lipinski definition) is 1.